The summed E-state index contributed by atoms with van der Waals surface area (Å²) in [7, 11) is 0. The highest BCUT2D eigenvalue weighted by Gasteiger charge is 2.19. The number of rotatable bonds is 4. The summed E-state index contributed by atoms with van der Waals surface area (Å²) in [6.45, 7) is 5.51. The van der Waals surface area contributed by atoms with E-state index < -0.39 is 0 Å². The van der Waals surface area contributed by atoms with Gasteiger partial charge in [0, 0.05) is 12.8 Å². The quantitative estimate of drug-likeness (QED) is 0.707. The van der Waals surface area contributed by atoms with Gasteiger partial charge in [-0.15, -0.1) is 0 Å². The Kier molecular flexibility index (Phi) is 4.35. The van der Waals surface area contributed by atoms with E-state index in [0.717, 1.165) is 6.42 Å². The molecule has 1 rings (SSSR count). The molecule has 0 saturated heterocycles. The summed E-state index contributed by atoms with van der Waals surface area (Å²) in [4.78, 5) is 10.9. The van der Waals surface area contributed by atoms with Crippen LogP contribution in [0, 0.1) is 0 Å². The molecule has 2 nitrogen and oxygen atoms in total. The van der Waals surface area contributed by atoms with E-state index in [1.165, 1.54) is 12.5 Å². The Hall–Kier alpha value is -1.31. The molecule has 1 aromatic carbocycles. The maximum Gasteiger partial charge on any atom is 0.302 e. The molecule has 82 valence electrons. The SMILES string of the molecule is CC[C@H](c1ccccc1)[C@H](C)OC(C)=O. The molecule has 15 heavy (non-hydrogen) atoms. The molecule has 0 aliphatic carbocycles. The van der Waals surface area contributed by atoms with Gasteiger partial charge >= 0.3 is 5.97 Å². The zero-order valence-corrected chi connectivity index (χ0v) is 9.57. The maximum absolute atomic E-state index is 10.9. The first-order valence-corrected chi connectivity index (χ1v) is 5.37. The van der Waals surface area contributed by atoms with Crippen LogP contribution in [0.5, 0.6) is 0 Å². The molecule has 0 saturated carbocycles. The number of benzene rings is 1. The molecular formula is C13H18O2. The van der Waals surface area contributed by atoms with Gasteiger partial charge in [-0.1, -0.05) is 37.3 Å². The predicted molar refractivity (Wildman–Crippen MR) is 60.7 cm³/mol. The summed E-state index contributed by atoms with van der Waals surface area (Å²) in [5.41, 5.74) is 1.23. The van der Waals surface area contributed by atoms with Crippen molar-refractivity contribution in [2.24, 2.45) is 0 Å². The highest BCUT2D eigenvalue weighted by Crippen LogP contribution is 2.24. The van der Waals surface area contributed by atoms with Crippen LogP contribution in [0.1, 0.15) is 38.7 Å². The van der Waals surface area contributed by atoms with Crippen LogP contribution in [0.25, 0.3) is 0 Å². The minimum absolute atomic E-state index is 0.0603. The maximum atomic E-state index is 10.9. The molecule has 0 amide bonds. The second-order valence-electron chi connectivity index (χ2n) is 3.74. The van der Waals surface area contributed by atoms with Gasteiger partial charge in [0.05, 0.1) is 0 Å². The molecule has 0 fully saturated rings. The van der Waals surface area contributed by atoms with Crippen molar-refractivity contribution >= 4 is 5.97 Å². The largest absolute Gasteiger partial charge is 0.462 e. The van der Waals surface area contributed by atoms with Crippen LogP contribution in [-0.2, 0) is 9.53 Å². The molecule has 0 aliphatic rings. The van der Waals surface area contributed by atoms with Gasteiger partial charge in [-0.3, -0.25) is 4.79 Å². The van der Waals surface area contributed by atoms with Crippen LogP contribution in [0.2, 0.25) is 0 Å². The average molecular weight is 206 g/mol. The molecule has 0 radical (unpaired) electrons. The molecule has 0 bridgehead atoms. The number of carbonyl (C=O) groups is 1. The van der Waals surface area contributed by atoms with Crippen LogP contribution in [0.4, 0.5) is 0 Å². The molecule has 0 aromatic heterocycles. The summed E-state index contributed by atoms with van der Waals surface area (Å²) < 4.78 is 5.22. The molecule has 2 heteroatoms. The number of ether oxygens (including phenoxy) is 1. The van der Waals surface area contributed by atoms with E-state index in [1.807, 2.05) is 25.1 Å². The Balaban J connectivity index is 2.75. The van der Waals surface area contributed by atoms with Gasteiger partial charge in [-0.05, 0) is 18.9 Å². The van der Waals surface area contributed by atoms with Crippen molar-refractivity contribution in [3.05, 3.63) is 35.9 Å². The highest BCUT2D eigenvalue weighted by atomic mass is 16.5. The van der Waals surface area contributed by atoms with Gasteiger partial charge in [0.1, 0.15) is 6.10 Å². The summed E-state index contributed by atoms with van der Waals surface area (Å²) in [5.74, 6) is 0.0759. The summed E-state index contributed by atoms with van der Waals surface area (Å²) >= 11 is 0. The molecule has 2 atom stereocenters. The fraction of sp³-hybridized carbons (Fsp3) is 0.462. The number of carbonyl (C=O) groups excluding carboxylic acids is 1. The molecule has 0 aliphatic heterocycles. The third-order valence-corrected chi connectivity index (χ3v) is 2.59. The van der Waals surface area contributed by atoms with Crippen LogP contribution in [0.15, 0.2) is 30.3 Å². The Morgan fingerprint density at radius 3 is 2.40 bits per heavy atom. The van der Waals surface area contributed by atoms with Crippen molar-refractivity contribution in [3.8, 4) is 0 Å². The van der Waals surface area contributed by atoms with Gasteiger partial charge in [0.15, 0.2) is 0 Å². The topological polar surface area (TPSA) is 26.3 Å². The van der Waals surface area contributed by atoms with Gasteiger partial charge in [-0.25, -0.2) is 0 Å². The van der Waals surface area contributed by atoms with E-state index in [-0.39, 0.29) is 18.0 Å². The van der Waals surface area contributed by atoms with E-state index in [2.05, 4.69) is 19.1 Å². The summed E-state index contributed by atoms with van der Waals surface area (Å²) in [6, 6.07) is 10.2. The van der Waals surface area contributed by atoms with Crippen LogP contribution < -0.4 is 0 Å². The molecule has 0 unspecified atom stereocenters. The third kappa shape index (κ3) is 3.39. The van der Waals surface area contributed by atoms with Gasteiger partial charge < -0.3 is 4.74 Å². The molecule has 1 aromatic rings. The second kappa shape index (κ2) is 5.54. The van der Waals surface area contributed by atoms with E-state index in [4.69, 9.17) is 4.74 Å². The van der Waals surface area contributed by atoms with Crippen molar-refractivity contribution in [2.75, 3.05) is 0 Å². The van der Waals surface area contributed by atoms with Crippen molar-refractivity contribution < 1.29 is 9.53 Å². The third-order valence-electron chi connectivity index (χ3n) is 2.59. The predicted octanol–water partition coefficient (Wildman–Crippen LogP) is 3.13. The standard InChI is InChI=1S/C13H18O2/c1-4-13(10(2)15-11(3)14)12-8-6-5-7-9-12/h5-10,13H,4H2,1-3H3/t10-,13-/m0/s1. The first-order chi connectivity index (χ1) is 7.15. The number of esters is 1. The lowest BCUT2D eigenvalue weighted by Crippen LogP contribution is -2.20. The first-order valence-electron chi connectivity index (χ1n) is 5.37. The monoisotopic (exact) mass is 206 g/mol. The minimum Gasteiger partial charge on any atom is -0.462 e. The first kappa shape index (κ1) is 11.8. The fourth-order valence-electron chi connectivity index (χ4n) is 1.88. The Morgan fingerprint density at radius 2 is 1.93 bits per heavy atom. The Labute approximate surface area is 91.3 Å². The van der Waals surface area contributed by atoms with E-state index in [1.54, 1.807) is 0 Å². The minimum atomic E-state index is -0.211. The lowest BCUT2D eigenvalue weighted by atomic mass is 9.92. The molecular weight excluding hydrogens is 188 g/mol. The second-order valence-corrected chi connectivity index (χ2v) is 3.74. The van der Waals surface area contributed by atoms with Crippen molar-refractivity contribution in [2.45, 2.75) is 39.2 Å². The van der Waals surface area contributed by atoms with Crippen molar-refractivity contribution in [3.63, 3.8) is 0 Å². The molecule has 0 heterocycles. The zero-order chi connectivity index (χ0) is 11.3. The molecule has 0 N–H and O–H groups in total. The Morgan fingerprint density at radius 1 is 1.33 bits per heavy atom. The van der Waals surface area contributed by atoms with Crippen molar-refractivity contribution in [1.29, 1.82) is 0 Å². The fourth-order valence-corrected chi connectivity index (χ4v) is 1.88. The summed E-state index contributed by atoms with van der Waals surface area (Å²) in [5, 5.41) is 0. The van der Waals surface area contributed by atoms with Gasteiger partial charge in [0.2, 0.25) is 0 Å². The van der Waals surface area contributed by atoms with E-state index in [9.17, 15) is 4.79 Å². The van der Waals surface area contributed by atoms with E-state index in [0.29, 0.717) is 0 Å². The van der Waals surface area contributed by atoms with Crippen LogP contribution in [0.3, 0.4) is 0 Å². The van der Waals surface area contributed by atoms with Crippen molar-refractivity contribution in [1.82, 2.24) is 0 Å². The molecule has 0 spiro atoms. The van der Waals surface area contributed by atoms with E-state index >= 15 is 0 Å². The Bertz CT molecular complexity index is 306. The van der Waals surface area contributed by atoms with Crippen LogP contribution >= 0.6 is 0 Å². The average Bonchev–Trinajstić information content (AvgIpc) is 2.19. The lowest BCUT2D eigenvalue weighted by molar-refractivity contribution is -0.146. The number of hydrogen-bond acceptors (Lipinski definition) is 2. The zero-order valence-electron chi connectivity index (χ0n) is 9.57. The highest BCUT2D eigenvalue weighted by molar-refractivity contribution is 5.66. The summed E-state index contributed by atoms with van der Waals surface area (Å²) in [6.07, 6.45) is 0.910. The van der Waals surface area contributed by atoms with Gasteiger partial charge in [0.25, 0.3) is 0 Å². The van der Waals surface area contributed by atoms with Crippen LogP contribution in [-0.4, -0.2) is 12.1 Å². The van der Waals surface area contributed by atoms with Gasteiger partial charge in [-0.2, -0.15) is 0 Å². The lowest BCUT2D eigenvalue weighted by Gasteiger charge is -2.22. The smallest absolute Gasteiger partial charge is 0.302 e. The normalized spacial score (nSPS) is 14.3. The number of hydrogen-bond donors (Lipinski definition) is 0.